The van der Waals surface area contributed by atoms with E-state index in [4.69, 9.17) is 9.47 Å². The molecule has 0 bridgehead atoms. The molecule has 0 aliphatic carbocycles. The van der Waals surface area contributed by atoms with E-state index in [9.17, 15) is 4.79 Å². The van der Waals surface area contributed by atoms with Crippen LogP contribution < -0.4 is 14.9 Å². The van der Waals surface area contributed by atoms with Gasteiger partial charge in [-0.1, -0.05) is 6.07 Å². The number of methoxy groups -OCH3 is 1. The van der Waals surface area contributed by atoms with Crippen molar-refractivity contribution in [2.24, 2.45) is 5.10 Å². The quantitative estimate of drug-likeness (QED) is 0.434. The molecule has 1 N–H and O–H groups in total. The molecular formula is C15H15IN2O3S. The van der Waals surface area contributed by atoms with E-state index in [1.54, 1.807) is 19.4 Å². The summed E-state index contributed by atoms with van der Waals surface area (Å²) < 4.78 is 11.8. The van der Waals surface area contributed by atoms with Gasteiger partial charge < -0.3 is 9.47 Å². The summed E-state index contributed by atoms with van der Waals surface area (Å²) >= 11 is 3.55. The molecule has 0 unspecified atom stereocenters. The van der Waals surface area contributed by atoms with Crippen LogP contribution in [0.2, 0.25) is 0 Å². The minimum atomic E-state index is -0.223. The first-order valence-electron chi connectivity index (χ1n) is 6.53. The molecule has 0 spiro atoms. The Balaban J connectivity index is 2.11. The Morgan fingerprint density at radius 3 is 2.95 bits per heavy atom. The highest BCUT2D eigenvalue weighted by atomic mass is 127. The first kappa shape index (κ1) is 16.8. The maximum absolute atomic E-state index is 11.8. The number of halogens is 1. The number of hydrogen-bond acceptors (Lipinski definition) is 5. The number of carbonyl (C=O) groups excluding carboxylic acids is 1. The van der Waals surface area contributed by atoms with E-state index in [1.165, 1.54) is 11.3 Å². The van der Waals surface area contributed by atoms with Crippen LogP contribution in [-0.2, 0) is 0 Å². The molecule has 0 aliphatic rings. The third-order valence-corrected chi connectivity index (χ3v) is 4.34. The van der Waals surface area contributed by atoms with Gasteiger partial charge in [-0.05, 0) is 58.7 Å². The second-order valence-corrected chi connectivity index (χ2v) is 6.25. The van der Waals surface area contributed by atoms with Gasteiger partial charge in [0.05, 0.1) is 28.4 Å². The minimum Gasteiger partial charge on any atom is -0.493 e. The third-order valence-electron chi connectivity index (χ3n) is 2.67. The van der Waals surface area contributed by atoms with Crippen molar-refractivity contribution in [2.75, 3.05) is 13.7 Å². The van der Waals surface area contributed by atoms with Crippen molar-refractivity contribution in [1.29, 1.82) is 0 Å². The minimum absolute atomic E-state index is 0.223. The Bertz CT molecular complexity index is 672. The molecule has 22 heavy (non-hydrogen) atoms. The van der Waals surface area contributed by atoms with Crippen molar-refractivity contribution in [3.05, 3.63) is 43.7 Å². The molecule has 0 radical (unpaired) electrons. The molecule has 1 aromatic heterocycles. The van der Waals surface area contributed by atoms with Crippen LogP contribution in [0.15, 0.2) is 34.7 Å². The molecule has 1 aromatic carbocycles. The second-order valence-electron chi connectivity index (χ2n) is 4.14. The zero-order chi connectivity index (χ0) is 15.9. The number of nitrogens with zero attached hydrogens (tertiary/aromatic N) is 1. The summed E-state index contributed by atoms with van der Waals surface area (Å²) in [6, 6.07) is 7.30. The van der Waals surface area contributed by atoms with Crippen molar-refractivity contribution < 1.29 is 14.3 Å². The van der Waals surface area contributed by atoms with Gasteiger partial charge in [0.2, 0.25) is 0 Å². The summed E-state index contributed by atoms with van der Waals surface area (Å²) in [6.07, 6.45) is 1.58. The second kappa shape index (κ2) is 8.14. The highest BCUT2D eigenvalue weighted by Crippen LogP contribution is 2.33. The van der Waals surface area contributed by atoms with Crippen molar-refractivity contribution in [2.45, 2.75) is 6.92 Å². The van der Waals surface area contributed by atoms with Crippen LogP contribution in [0, 0.1) is 3.57 Å². The Morgan fingerprint density at radius 1 is 1.50 bits per heavy atom. The average Bonchev–Trinajstić information content (AvgIpc) is 3.04. The molecule has 0 saturated carbocycles. The van der Waals surface area contributed by atoms with E-state index in [-0.39, 0.29) is 5.91 Å². The summed E-state index contributed by atoms with van der Waals surface area (Å²) in [5.41, 5.74) is 3.31. The summed E-state index contributed by atoms with van der Waals surface area (Å²) in [4.78, 5) is 12.4. The number of rotatable bonds is 6. The summed E-state index contributed by atoms with van der Waals surface area (Å²) in [6.45, 7) is 2.49. The lowest BCUT2D eigenvalue weighted by Gasteiger charge is -2.11. The van der Waals surface area contributed by atoms with Gasteiger partial charge in [0, 0.05) is 0 Å². The number of amides is 1. The van der Waals surface area contributed by atoms with E-state index >= 15 is 0 Å². The number of benzene rings is 1. The van der Waals surface area contributed by atoms with Gasteiger partial charge in [-0.2, -0.15) is 5.10 Å². The SMILES string of the molecule is CCOc1c(I)cc(/C=N\NC(=O)c2cccs2)cc1OC. The molecule has 0 atom stereocenters. The molecule has 1 amide bonds. The maximum Gasteiger partial charge on any atom is 0.281 e. The number of hydrazone groups is 1. The molecule has 5 nitrogen and oxygen atoms in total. The van der Waals surface area contributed by atoms with Crippen molar-refractivity contribution in [3.8, 4) is 11.5 Å². The zero-order valence-electron chi connectivity index (χ0n) is 12.1. The molecule has 0 fully saturated rings. The van der Waals surface area contributed by atoms with Gasteiger partial charge in [0.1, 0.15) is 0 Å². The van der Waals surface area contributed by atoms with Crippen molar-refractivity contribution in [1.82, 2.24) is 5.43 Å². The predicted octanol–water partition coefficient (Wildman–Crippen LogP) is 3.52. The molecule has 2 aromatic rings. The van der Waals surface area contributed by atoms with Crippen LogP contribution in [0.4, 0.5) is 0 Å². The average molecular weight is 430 g/mol. The molecule has 0 aliphatic heterocycles. The lowest BCUT2D eigenvalue weighted by atomic mass is 10.2. The van der Waals surface area contributed by atoms with E-state index in [0.29, 0.717) is 23.0 Å². The summed E-state index contributed by atoms with van der Waals surface area (Å²) in [7, 11) is 1.59. The lowest BCUT2D eigenvalue weighted by Crippen LogP contribution is -2.16. The standard InChI is InChI=1S/C15H15IN2O3S/c1-3-21-14-11(16)7-10(8-12(14)20-2)9-17-18-15(19)13-5-4-6-22-13/h4-9H,3H2,1-2H3,(H,18,19)/b17-9-. The van der Waals surface area contributed by atoms with Gasteiger partial charge in [-0.15, -0.1) is 11.3 Å². The van der Waals surface area contributed by atoms with Crippen LogP contribution in [0.25, 0.3) is 0 Å². The van der Waals surface area contributed by atoms with E-state index in [0.717, 1.165) is 9.13 Å². The first-order chi connectivity index (χ1) is 10.7. The predicted molar refractivity (Wildman–Crippen MR) is 96.3 cm³/mol. The summed E-state index contributed by atoms with van der Waals surface area (Å²) in [5.74, 6) is 1.13. The monoisotopic (exact) mass is 430 g/mol. The van der Waals surface area contributed by atoms with Crippen LogP contribution >= 0.6 is 33.9 Å². The summed E-state index contributed by atoms with van der Waals surface area (Å²) in [5, 5.41) is 5.82. The fourth-order valence-electron chi connectivity index (χ4n) is 1.73. The Hall–Kier alpha value is -1.61. The van der Waals surface area contributed by atoms with Gasteiger partial charge in [0.25, 0.3) is 5.91 Å². The normalized spacial score (nSPS) is 10.7. The van der Waals surface area contributed by atoms with Gasteiger partial charge in [-0.3, -0.25) is 4.79 Å². The lowest BCUT2D eigenvalue weighted by molar-refractivity contribution is 0.0959. The van der Waals surface area contributed by atoms with Gasteiger partial charge >= 0.3 is 0 Å². The highest BCUT2D eigenvalue weighted by Gasteiger charge is 2.10. The number of hydrogen-bond donors (Lipinski definition) is 1. The number of thiophene rings is 1. The fourth-order valence-corrected chi connectivity index (χ4v) is 3.12. The van der Waals surface area contributed by atoms with E-state index in [1.807, 2.05) is 30.5 Å². The van der Waals surface area contributed by atoms with Crippen LogP contribution in [-0.4, -0.2) is 25.8 Å². The van der Waals surface area contributed by atoms with Crippen LogP contribution in [0.3, 0.4) is 0 Å². The van der Waals surface area contributed by atoms with E-state index in [2.05, 4.69) is 33.1 Å². The zero-order valence-corrected chi connectivity index (χ0v) is 15.1. The molecule has 116 valence electrons. The van der Waals surface area contributed by atoms with Gasteiger partial charge in [-0.25, -0.2) is 5.43 Å². The van der Waals surface area contributed by atoms with Crippen LogP contribution in [0.1, 0.15) is 22.2 Å². The number of carbonyl (C=O) groups is 1. The fraction of sp³-hybridized carbons (Fsp3) is 0.200. The van der Waals surface area contributed by atoms with Gasteiger partial charge in [0.15, 0.2) is 11.5 Å². The Morgan fingerprint density at radius 2 is 2.32 bits per heavy atom. The van der Waals surface area contributed by atoms with Crippen molar-refractivity contribution in [3.63, 3.8) is 0 Å². The molecule has 0 saturated heterocycles. The number of nitrogens with one attached hydrogen (secondary N) is 1. The smallest absolute Gasteiger partial charge is 0.281 e. The van der Waals surface area contributed by atoms with E-state index < -0.39 is 0 Å². The third kappa shape index (κ3) is 4.20. The highest BCUT2D eigenvalue weighted by molar-refractivity contribution is 14.1. The number of ether oxygens (including phenoxy) is 2. The molecule has 7 heteroatoms. The maximum atomic E-state index is 11.8. The Labute approximate surface area is 146 Å². The van der Waals surface area contributed by atoms with Crippen LogP contribution in [0.5, 0.6) is 11.5 Å². The first-order valence-corrected chi connectivity index (χ1v) is 8.48. The van der Waals surface area contributed by atoms with Crippen molar-refractivity contribution >= 4 is 46.0 Å². The molecular weight excluding hydrogens is 415 g/mol. The Kier molecular flexibility index (Phi) is 6.20. The largest absolute Gasteiger partial charge is 0.493 e. The molecule has 2 rings (SSSR count). The molecule has 1 heterocycles. The topological polar surface area (TPSA) is 59.9 Å².